The normalized spacial score (nSPS) is 14.9. The zero-order chi connectivity index (χ0) is 30.2. The third-order valence-corrected chi connectivity index (χ3v) is 8.84. The first-order valence-electron chi connectivity index (χ1n) is 14.1. The molecule has 8 heteroatoms. The number of esters is 1. The van der Waals surface area contributed by atoms with Crippen molar-refractivity contribution in [1.29, 1.82) is 0 Å². The van der Waals surface area contributed by atoms with Crippen LogP contribution < -0.4 is 14.9 Å². The lowest BCUT2D eigenvalue weighted by Gasteiger charge is -2.25. The molecule has 0 N–H and O–H groups in total. The van der Waals surface area contributed by atoms with Gasteiger partial charge in [0.05, 0.1) is 28.5 Å². The number of aryl methyl sites for hydroxylation is 2. The van der Waals surface area contributed by atoms with Gasteiger partial charge in [-0.25, -0.2) is 9.79 Å². The second-order valence-corrected chi connectivity index (χ2v) is 11.9. The summed E-state index contributed by atoms with van der Waals surface area (Å²) in [7, 11) is 0. The summed E-state index contributed by atoms with van der Waals surface area (Å²) in [5.74, 6) is -0.513. The zero-order valence-corrected chi connectivity index (χ0v) is 25.9. The first kappa shape index (κ1) is 28.6. The average molecular weight is 608 g/mol. The summed E-state index contributed by atoms with van der Waals surface area (Å²) in [4.78, 5) is 33.3. The van der Waals surface area contributed by atoms with Crippen molar-refractivity contribution in [3.05, 3.63) is 149 Å². The van der Waals surface area contributed by atoms with Gasteiger partial charge in [0.1, 0.15) is 0 Å². The van der Waals surface area contributed by atoms with Crippen molar-refractivity contribution in [2.45, 2.75) is 33.7 Å². The van der Waals surface area contributed by atoms with Crippen molar-refractivity contribution in [1.82, 2.24) is 9.13 Å². The maximum Gasteiger partial charge on any atom is 0.338 e. The maximum atomic E-state index is 14.2. The average Bonchev–Trinajstić information content (AvgIpc) is 3.47. The van der Waals surface area contributed by atoms with E-state index in [0.29, 0.717) is 25.6 Å². The van der Waals surface area contributed by atoms with Gasteiger partial charge in [0.2, 0.25) is 0 Å². The van der Waals surface area contributed by atoms with Crippen molar-refractivity contribution in [3.8, 4) is 5.69 Å². The van der Waals surface area contributed by atoms with Gasteiger partial charge < -0.3 is 9.30 Å². The summed E-state index contributed by atoms with van der Waals surface area (Å²) >= 11 is 7.55. The van der Waals surface area contributed by atoms with Gasteiger partial charge in [-0.15, -0.1) is 0 Å². The standard InChI is InChI=1S/C35H30ClN3O3S/c1-5-42-34(41)30-31(24-9-7-6-8-10-24)37-35-39(32(30)25-13-15-27(36)16-14-25)33(40)29(43-35)20-26-19-22(3)38(23(26)4)28-17-11-21(2)12-18-28/h6-20,32H,5H2,1-4H3/b29-20-/t32-/m1/s1. The van der Waals surface area contributed by atoms with Crippen molar-refractivity contribution in [2.24, 2.45) is 4.99 Å². The summed E-state index contributed by atoms with van der Waals surface area (Å²) in [5, 5.41) is 0.560. The molecule has 0 aliphatic carbocycles. The molecule has 6 nitrogen and oxygen atoms in total. The molecule has 0 spiro atoms. The third kappa shape index (κ3) is 5.31. The van der Waals surface area contributed by atoms with Gasteiger partial charge in [-0.3, -0.25) is 9.36 Å². The molecule has 0 radical (unpaired) electrons. The molecule has 0 amide bonds. The van der Waals surface area contributed by atoms with Gasteiger partial charge in [0, 0.05) is 27.7 Å². The quantitative estimate of drug-likeness (QED) is 0.213. The predicted molar refractivity (Wildman–Crippen MR) is 172 cm³/mol. The molecule has 5 aromatic rings. The van der Waals surface area contributed by atoms with Crippen LogP contribution in [0.2, 0.25) is 5.02 Å². The molecule has 0 fully saturated rings. The number of aromatic nitrogens is 2. The summed E-state index contributed by atoms with van der Waals surface area (Å²) in [6, 6.07) is 26.5. The van der Waals surface area contributed by atoms with Crippen LogP contribution in [-0.2, 0) is 9.53 Å². The van der Waals surface area contributed by atoms with Gasteiger partial charge >= 0.3 is 5.97 Å². The molecule has 0 saturated heterocycles. The Morgan fingerprint density at radius 1 is 1.00 bits per heavy atom. The van der Waals surface area contributed by atoms with Gasteiger partial charge in [-0.1, -0.05) is 83.1 Å². The smallest absolute Gasteiger partial charge is 0.338 e. The van der Waals surface area contributed by atoms with Crippen molar-refractivity contribution in [3.63, 3.8) is 0 Å². The Kier molecular flexibility index (Phi) is 7.77. The van der Waals surface area contributed by atoms with E-state index in [4.69, 9.17) is 21.3 Å². The number of ether oxygens (including phenoxy) is 1. The van der Waals surface area contributed by atoms with Crippen LogP contribution in [0.25, 0.3) is 17.5 Å². The van der Waals surface area contributed by atoms with Gasteiger partial charge in [0.25, 0.3) is 5.56 Å². The largest absolute Gasteiger partial charge is 0.463 e. The Balaban J connectivity index is 1.59. The monoisotopic (exact) mass is 607 g/mol. The molecule has 43 heavy (non-hydrogen) atoms. The summed E-state index contributed by atoms with van der Waals surface area (Å²) < 4.78 is 9.86. The number of halogens is 1. The Bertz CT molecular complexity index is 2050. The fraction of sp³-hybridized carbons (Fsp3) is 0.171. The Morgan fingerprint density at radius 2 is 1.70 bits per heavy atom. The minimum absolute atomic E-state index is 0.193. The minimum atomic E-state index is -0.745. The molecule has 3 heterocycles. The van der Waals surface area contributed by atoms with E-state index in [1.54, 1.807) is 23.6 Å². The van der Waals surface area contributed by atoms with Crippen LogP contribution in [0.3, 0.4) is 0 Å². The van der Waals surface area contributed by atoms with Crippen LogP contribution >= 0.6 is 22.9 Å². The molecule has 216 valence electrons. The van der Waals surface area contributed by atoms with E-state index < -0.39 is 12.0 Å². The van der Waals surface area contributed by atoms with Gasteiger partial charge in [0.15, 0.2) is 4.80 Å². The highest BCUT2D eigenvalue weighted by molar-refractivity contribution is 7.07. The number of rotatable bonds is 6. The van der Waals surface area contributed by atoms with Gasteiger partial charge in [-0.2, -0.15) is 0 Å². The lowest BCUT2D eigenvalue weighted by molar-refractivity contribution is -0.138. The second-order valence-electron chi connectivity index (χ2n) is 10.5. The molecular formula is C35H30ClN3O3S. The van der Waals surface area contributed by atoms with E-state index >= 15 is 0 Å². The molecule has 0 unspecified atom stereocenters. The van der Waals surface area contributed by atoms with Crippen LogP contribution in [-0.4, -0.2) is 21.7 Å². The number of hydrogen-bond donors (Lipinski definition) is 0. The van der Waals surface area contributed by atoms with Crippen LogP contribution in [0.4, 0.5) is 0 Å². The first-order chi connectivity index (χ1) is 20.8. The Hall–Kier alpha value is -4.46. The second kappa shape index (κ2) is 11.7. The Morgan fingerprint density at radius 3 is 2.37 bits per heavy atom. The van der Waals surface area contributed by atoms with E-state index in [9.17, 15) is 9.59 Å². The highest BCUT2D eigenvalue weighted by atomic mass is 35.5. The predicted octanol–water partition coefficient (Wildman–Crippen LogP) is 6.30. The lowest BCUT2D eigenvalue weighted by Crippen LogP contribution is -2.40. The number of thiazole rings is 1. The highest BCUT2D eigenvalue weighted by Crippen LogP contribution is 2.35. The SMILES string of the molecule is CCOC(=O)C1=C(c2ccccc2)N=c2s/c(=C\c3cc(C)n(-c4ccc(C)cc4)c3C)c(=O)n2[C@@H]1c1ccc(Cl)cc1. The Labute approximate surface area is 258 Å². The molecule has 1 atom stereocenters. The number of fused-ring (bicyclic) bond motifs is 1. The molecule has 3 aromatic carbocycles. The number of nitrogens with zero attached hydrogens (tertiary/aromatic N) is 3. The summed E-state index contributed by atoms with van der Waals surface area (Å²) in [5.41, 5.74) is 7.38. The molecule has 6 rings (SSSR count). The topological polar surface area (TPSA) is 65.6 Å². The summed E-state index contributed by atoms with van der Waals surface area (Å²) in [6.07, 6.45) is 1.92. The van der Waals surface area contributed by atoms with Crippen LogP contribution in [0.15, 0.2) is 100 Å². The van der Waals surface area contributed by atoms with Crippen LogP contribution in [0.5, 0.6) is 0 Å². The van der Waals surface area contributed by atoms with E-state index in [2.05, 4.69) is 55.7 Å². The van der Waals surface area contributed by atoms with E-state index in [0.717, 1.165) is 33.8 Å². The number of benzene rings is 3. The van der Waals surface area contributed by atoms with E-state index in [-0.39, 0.29) is 12.2 Å². The third-order valence-electron chi connectivity index (χ3n) is 7.61. The van der Waals surface area contributed by atoms with E-state index in [1.165, 1.54) is 16.9 Å². The van der Waals surface area contributed by atoms with Crippen molar-refractivity contribution in [2.75, 3.05) is 6.61 Å². The van der Waals surface area contributed by atoms with Crippen molar-refractivity contribution >= 4 is 40.7 Å². The fourth-order valence-corrected chi connectivity index (χ4v) is 6.68. The summed E-state index contributed by atoms with van der Waals surface area (Å²) in [6.45, 7) is 8.14. The molecule has 1 aliphatic rings. The molecule has 1 aliphatic heterocycles. The minimum Gasteiger partial charge on any atom is -0.463 e. The molecule has 0 bridgehead atoms. The molecule has 0 saturated carbocycles. The highest BCUT2D eigenvalue weighted by Gasteiger charge is 2.35. The number of hydrogen-bond acceptors (Lipinski definition) is 5. The number of carbonyl (C=O) groups excluding carboxylic acids is 1. The van der Waals surface area contributed by atoms with Crippen LogP contribution in [0, 0.1) is 20.8 Å². The van der Waals surface area contributed by atoms with Crippen LogP contribution in [0.1, 0.15) is 46.6 Å². The van der Waals surface area contributed by atoms with Gasteiger partial charge in [-0.05, 0) is 75.2 Å². The molecular weight excluding hydrogens is 578 g/mol. The number of carbonyl (C=O) groups is 1. The lowest BCUT2D eigenvalue weighted by atomic mass is 9.93. The molecule has 2 aromatic heterocycles. The van der Waals surface area contributed by atoms with E-state index in [1.807, 2.05) is 48.5 Å². The fourth-order valence-electron chi connectivity index (χ4n) is 5.57. The maximum absolute atomic E-state index is 14.2. The van der Waals surface area contributed by atoms with Crippen molar-refractivity contribution < 1.29 is 9.53 Å². The zero-order valence-electron chi connectivity index (χ0n) is 24.3. The first-order valence-corrected chi connectivity index (χ1v) is 15.3.